The van der Waals surface area contributed by atoms with Crippen LogP contribution in [0.4, 0.5) is 0 Å². The van der Waals surface area contributed by atoms with Gasteiger partial charge in [0.25, 0.3) is 0 Å². The first-order valence-corrected chi connectivity index (χ1v) is 7.41. The lowest BCUT2D eigenvalue weighted by Gasteiger charge is -2.42. The molecular formula is C16H24N2O. The Kier molecular flexibility index (Phi) is 3.61. The van der Waals surface area contributed by atoms with E-state index in [1.54, 1.807) is 0 Å². The van der Waals surface area contributed by atoms with E-state index >= 15 is 0 Å². The molecule has 0 aliphatic carbocycles. The lowest BCUT2D eigenvalue weighted by molar-refractivity contribution is 0.0115. The van der Waals surface area contributed by atoms with Crippen molar-refractivity contribution in [3.63, 3.8) is 0 Å². The van der Waals surface area contributed by atoms with E-state index in [2.05, 4.69) is 36.1 Å². The summed E-state index contributed by atoms with van der Waals surface area (Å²) in [5.41, 5.74) is 8.69. The van der Waals surface area contributed by atoms with Crippen molar-refractivity contribution in [2.75, 3.05) is 6.54 Å². The quantitative estimate of drug-likeness (QED) is 0.873. The maximum absolute atomic E-state index is 9.92. The van der Waals surface area contributed by atoms with Crippen LogP contribution in [0.1, 0.15) is 42.9 Å². The van der Waals surface area contributed by atoms with E-state index in [4.69, 9.17) is 5.73 Å². The molecule has 0 saturated carbocycles. The minimum atomic E-state index is -0.107. The summed E-state index contributed by atoms with van der Waals surface area (Å²) >= 11 is 0. The number of nitrogens with two attached hydrogens (primary N) is 1. The molecule has 3 unspecified atom stereocenters. The van der Waals surface area contributed by atoms with Gasteiger partial charge in [-0.1, -0.05) is 29.8 Å². The second-order valence-electron chi connectivity index (χ2n) is 6.12. The predicted molar refractivity (Wildman–Crippen MR) is 76.9 cm³/mol. The zero-order valence-electron chi connectivity index (χ0n) is 11.6. The molecule has 2 aliphatic heterocycles. The minimum absolute atomic E-state index is 0.107. The Morgan fingerprint density at radius 3 is 2.58 bits per heavy atom. The van der Waals surface area contributed by atoms with Crippen molar-refractivity contribution >= 4 is 0 Å². The zero-order valence-corrected chi connectivity index (χ0v) is 11.6. The first-order valence-electron chi connectivity index (χ1n) is 7.41. The van der Waals surface area contributed by atoms with Crippen molar-refractivity contribution in [2.24, 2.45) is 5.73 Å². The molecule has 2 saturated heterocycles. The Labute approximate surface area is 115 Å². The maximum Gasteiger partial charge on any atom is 0.0570 e. The second kappa shape index (κ2) is 5.23. The van der Waals surface area contributed by atoms with Crippen molar-refractivity contribution < 1.29 is 5.11 Å². The molecule has 104 valence electrons. The first kappa shape index (κ1) is 13.1. The Morgan fingerprint density at radius 1 is 1.32 bits per heavy atom. The van der Waals surface area contributed by atoms with E-state index in [0.29, 0.717) is 24.7 Å². The number of benzene rings is 1. The summed E-state index contributed by atoms with van der Waals surface area (Å²) in [6, 6.07) is 10.0. The molecule has 0 amide bonds. The second-order valence-corrected chi connectivity index (χ2v) is 6.12. The van der Waals surface area contributed by atoms with E-state index in [1.165, 1.54) is 24.0 Å². The highest BCUT2D eigenvalue weighted by Crippen LogP contribution is 2.41. The summed E-state index contributed by atoms with van der Waals surface area (Å²) in [6.07, 6.45) is 4.15. The van der Waals surface area contributed by atoms with Crippen LogP contribution in [0.5, 0.6) is 0 Å². The zero-order chi connectivity index (χ0) is 13.4. The van der Waals surface area contributed by atoms with E-state index < -0.39 is 0 Å². The lowest BCUT2D eigenvalue weighted by atomic mass is 9.94. The molecule has 3 nitrogen and oxygen atoms in total. The van der Waals surface area contributed by atoms with Crippen LogP contribution in [0.25, 0.3) is 0 Å². The summed E-state index contributed by atoms with van der Waals surface area (Å²) in [5.74, 6) is 0. The molecule has 0 radical (unpaired) electrons. The number of hydrogen-bond acceptors (Lipinski definition) is 3. The molecule has 3 N–H and O–H groups in total. The van der Waals surface area contributed by atoms with E-state index in [-0.39, 0.29) is 6.10 Å². The smallest absolute Gasteiger partial charge is 0.0570 e. The first-order chi connectivity index (χ1) is 9.19. The third kappa shape index (κ3) is 2.42. The topological polar surface area (TPSA) is 49.5 Å². The van der Waals surface area contributed by atoms with Crippen molar-refractivity contribution in [3.05, 3.63) is 35.4 Å². The summed E-state index contributed by atoms with van der Waals surface area (Å²) in [4.78, 5) is 2.58. The van der Waals surface area contributed by atoms with Crippen LogP contribution in [0, 0.1) is 6.92 Å². The standard InChI is InChI=1S/C16H24N2O/c1-11-3-2-4-12(7-11)16(10-17)18-13-5-6-14(18)9-15(19)8-13/h2-4,7,13-16,19H,5-6,8-10,17H2,1H3. The predicted octanol–water partition coefficient (Wildman–Crippen LogP) is 1.98. The van der Waals surface area contributed by atoms with Gasteiger partial charge < -0.3 is 10.8 Å². The minimum Gasteiger partial charge on any atom is -0.393 e. The molecular weight excluding hydrogens is 236 g/mol. The summed E-state index contributed by atoms with van der Waals surface area (Å²) < 4.78 is 0. The lowest BCUT2D eigenvalue weighted by Crippen LogP contribution is -2.48. The van der Waals surface area contributed by atoms with Crippen LogP contribution in [-0.2, 0) is 0 Å². The molecule has 0 aromatic heterocycles. The van der Waals surface area contributed by atoms with Gasteiger partial charge in [-0.05, 0) is 38.2 Å². The van der Waals surface area contributed by atoms with Gasteiger partial charge in [-0.2, -0.15) is 0 Å². The van der Waals surface area contributed by atoms with Crippen LogP contribution in [0.2, 0.25) is 0 Å². The highest BCUT2D eigenvalue weighted by Gasteiger charge is 2.43. The molecule has 1 aromatic carbocycles. The number of aliphatic hydroxyl groups excluding tert-OH is 1. The van der Waals surface area contributed by atoms with Crippen molar-refractivity contribution in [2.45, 2.75) is 56.8 Å². The number of hydrogen-bond donors (Lipinski definition) is 2. The molecule has 3 heteroatoms. The van der Waals surface area contributed by atoms with Crippen molar-refractivity contribution in [3.8, 4) is 0 Å². The Balaban J connectivity index is 1.87. The van der Waals surface area contributed by atoms with Gasteiger partial charge in [0.15, 0.2) is 0 Å². The highest BCUT2D eigenvalue weighted by atomic mass is 16.3. The molecule has 3 rings (SSSR count). The van der Waals surface area contributed by atoms with Crippen LogP contribution >= 0.6 is 0 Å². The van der Waals surface area contributed by atoms with E-state index in [9.17, 15) is 5.11 Å². The number of aryl methyl sites for hydroxylation is 1. The molecule has 3 atom stereocenters. The van der Waals surface area contributed by atoms with Gasteiger partial charge >= 0.3 is 0 Å². The largest absolute Gasteiger partial charge is 0.393 e. The number of piperidine rings is 1. The molecule has 1 aromatic rings. The van der Waals surface area contributed by atoms with Crippen molar-refractivity contribution in [1.29, 1.82) is 0 Å². The monoisotopic (exact) mass is 260 g/mol. The van der Waals surface area contributed by atoms with Crippen LogP contribution < -0.4 is 5.73 Å². The molecule has 2 bridgehead atoms. The molecule has 0 spiro atoms. The molecule has 2 heterocycles. The van der Waals surface area contributed by atoms with Gasteiger partial charge in [0.1, 0.15) is 0 Å². The van der Waals surface area contributed by atoms with Crippen LogP contribution in [0.3, 0.4) is 0 Å². The number of nitrogens with zero attached hydrogens (tertiary/aromatic N) is 1. The SMILES string of the molecule is Cc1cccc(C(CN)N2C3CCC2CC(O)C3)c1. The number of aliphatic hydroxyl groups is 1. The number of rotatable bonds is 3. The molecule has 2 aliphatic rings. The fourth-order valence-corrected chi connectivity index (χ4v) is 4.00. The Morgan fingerprint density at radius 2 is 2.00 bits per heavy atom. The third-order valence-electron chi connectivity index (χ3n) is 4.77. The van der Waals surface area contributed by atoms with Crippen molar-refractivity contribution in [1.82, 2.24) is 4.90 Å². The van der Waals surface area contributed by atoms with Gasteiger partial charge in [0.2, 0.25) is 0 Å². The average Bonchev–Trinajstić information content (AvgIpc) is 2.65. The van der Waals surface area contributed by atoms with Gasteiger partial charge in [0, 0.05) is 24.7 Å². The van der Waals surface area contributed by atoms with Crippen LogP contribution in [-0.4, -0.2) is 34.7 Å². The van der Waals surface area contributed by atoms with Gasteiger partial charge in [-0.25, -0.2) is 0 Å². The third-order valence-corrected chi connectivity index (χ3v) is 4.77. The fraction of sp³-hybridized carbons (Fsp3) is 0.625. The Bertz CT molecular complexity index is 434. The van der Waals surface area contributed by atoms with Gasteiger partial charge in [0.05, 0.1) is 6.10 Å². The van der Waals surface area contributed by atoms with Crippen LogP contribution in [0.15, 0.2) is 24.3 Å². The van der Waals surface area contributed by atoms with E-state index in [0.717, 1.165) is 12.8 Å². The van der Waals surface area contributed by atoms with Gasteiger partial charge in [-0.3, -0.25) is 4.90 Å². The number of fused-ring (bicyclic) bond motifs is 2. The normalized spacial score (nSPS) is 32.5. The Hall–Kier alpha value is -0.900. The average molecular weight is 260 g/mol. The van der Waals surface area contributed by atoms with E-state index in [1.807, 2.05) is 0 Å². The molecule has 19 heavy (non-hydrogen) atoms. The summed E-state index contributed by atoms with van der Waals surface area (Å²) in [7, 11) is 0. The van der Waals surface area contributed by atoms with Gasteiger partial charge in [-0.15, -0.1) is 0 Å². The highest BCUT2D eigenvalue weighted by molar-refractivity contribution is 5.26. The molecule has 2 fully saturated rings. The maximum atomic E-state index is 9.92. The summed E-state index contributed by atoms with van der Waals surface area (Å²) in [5, 5.41) is 9.92. The fourth-order valence-electron chi connectivity index (χ4n) is 4.00. The summed E-state index contributed by atoms with van der Waals surface area (Å²) in [6.45, 7) is 2.79.